The monoisotopic (exact) mass is 375 g/mol. The summed E-state index contributed by atoms with van der Waals surface area (Å²) in [6, 6.07) is 7.69. The molecule has 0 aromatic heterocycles. The van der Waals surface area contributed by atoms with E-state index in [0.717, 1.165) is 62.4 Å². The molecule has 0 unspecified atom stereocenters. The lowest BCUT2D eigenvalue weighted by molar-refractivity contribution is -0.136. The predicted octanol–water partition coefficient (Wildman–Crippen LogP) is 3.07. The molecule has 0 aliphatic carbocycles. The number of anilines is 1. The van der Waals surface area contributed by atoms with E-state index in [4.69, 9.17) is 0 Å². The minimum atomic E-state index is -0.187. The van der Waals surface area contributed by atoms with Gasteiger partial charge < -0.3 is 10.2 Å². The lowest BCUT2D eigenvalue weighted by Gasteiger charge is -2.36. The van der Waals surface area contributed by atoms with Crippen LogP contribution in [0.5, 0.6) is 0 Å². The van der Waals surface area contributed by atoms with Gasteiger partial charge in [0, 0.05) is 23.9 Å². The van der Waals surface area contributed by atoms with Gasteiger partial charge in [-0.1, -0.05) is 12.1 Å². The molecule has 1 N–H and O–H groups in total. The van der Waals surface area contributed by atoms with Crippen LogP contribution >= 0.6 is 11.8 Å². The van der Waals surface area contributed by atoms with Crippen LogP contribution in [0.25, 0.3) is 0 Å². The van der Waals surface area contributed by atoms with E-state index >= 15 is 0 Å². The summed E-state index contributed by atoms with van der Waals surface area (Å²) in [5, 5.41) is 3.06. The average molecular weight is 376 g/mol. The Hall–Kier alpha value is -1.53. The Morgan fingerprint density at radius 1 is 1.12 bits per heavy atom. The molecule has 5 nitrogen and oxygen atoms in total. The Balaban J connectivity index is 1.52. The van der Waals surface area contributed by atoms with Crippen molar-refractivity contribution in [1.82, 2.24) is 9.80 Å². The standard InChI is InChI=1S/C20H29N3O2S/c1-15(19(24)21-17-7-3-4-8-18(17)26-2)22-13-9-16(10-14-22)20(25)23-11-5-6-12-23/h3-4,7-8,15-16H,5-6,9-14H2,1-2H3,(H,21,24)/t15-/m0/s1. The topological polar surface area (TPSA) is 52.7 Å². The van der Waals surface area contributed by atoms with Crippen molar-refractivity contribution >= 4 is 29.3 Å². The normalized spacial score (nSPS) is 20.2. The summed E-state index contributed by atoms with van der Waals surface area (Å²) < 4.78 is 0. The molecule has 0 spiro atoms. The van der Waals surface area contributed by atoms with Gasteiger partial charge in [-0.25, -0.2) is 0 Å². The summed E-state index contributed by atoms with van der Waals surface area (Å²) in [7, 11) is 0. The lowest BCUT2D eigenvalue weighted by atomic mass is 9.94. The second-order valence-electron chi connectivity index (χ2n) is 7.21. The minimum Gasteiger partial charge on any atom is -0.342 e. The van der Waals surface area contributed by atoms with E-state index in [1.165, 1.54) is 0 Å². The highest BCUT2D eigenvalue weighted by molar-refractivity contribution is 7.98. The van der Waals surface area contributed by atoms with Gasteiger partial charge in [0.2, 0.25) is 11.8 Å². The Kier molecular flexibility index (Phi) is 6.59. The van der Waals surface area contributed by atoms with Crippen molar-refractivity contribution in [3.05, 3.63) is 24.3 Å². The van der Waals surface area contributed by atoms with Crippen LogP contribution < -0.4 is 5.32 Å². The number of thioether (sulfide) groups is 1. The molecule has 0 bridgehead atoms. The van der Waals surface area contributed by atoms with E-state index < -0.39 is 0 Å². The molecule has 2 amide bonds. The van der Waals surface area contributed by atoms with Crippen LogP contribution in [0, 0.1) is 5.92 Å². The number of amides is 2. The lowest BCUT2D eigenvalue weighted by Crippen LogP contribution is -2.48. The molecule has 0 saturated carbocycles. The molecule has 26 heavy (non-hydrogen) atoms. The fourth-order valence-electron chi connectivity index (χ4n) is 3.88. The first-order chi connectivity index (χ1) is 12.6. The molecular formula is C20H29N3O2S. The van der Waals surface area contributed by atoms with Gasteiger partial charge in [-0.3, -0.25) is 14.5 Å². The Labute approximate surface area is 160 Å². The van der Waals surface area contributed by atoms with Crippen LogP contribution in [0.2, 0.25) is 0 Å². The molecule has 2 aliphatic heterocycles. The van der Waals surface area contributed by atoms with Crippen molar-refractivity contribution in [2.75, 3.05) is 37.8 Å². The predicted molar refractivity (Wildman–Crippen MR) is 106 cm³/mol. The Bertz CT molecular complexity index is 638. The number of nitrogens with one attached hydrogen (secondary N) is 1. The van der Waals surface area contributed by atoms with Gasteiger partial charge in [-0.2, -0.15) is 0 Å². The third-order valence-corrected chi connectivity index (χ3v) is 6.38. The SMILES string of the molecule is CSc1ccccc1NC(=O)[C@H](C)N1CCC(C(=O)N2CCCC2)CC1. The first kappa shape index (κ1) is 19.2. The number of para-hydroxylation sites is 1. The first-order valence-corrected chi connectivity index (χ1v) is 10.8. The summed E-state index contributed by atoms with van der Waals surface area (Å²) in [5.74, 6) is 0.487. The van der Waals surface area contributed by atoms with Crippen LogP contribution in [-0.4, -0.2) is 60.1 Å². The largest absolute Gasteiger partial charge is 0.342 e. The molecule has 6 heteroatoms. The molecule has 2 aliphatic rings. The maximum absolute atomic E-state index is 12.7. The summed E-state index contributed by atoms with van der Waals surface area (Å²) in [6.45, 7) is 5.42. The van der Waals surface area contributed by atoms with E-state index in [0.29, 0.717) is 5.91 Å². The van der Waals surface area contributed by atoms with Crippen molar-refractivity contribution in [1.29, 1.82) is 0 Å². The summed E-state index contributed by atoms with van der Waals surface area (Å²) in [5.41, 5.74) is 0.871. The quantitative estimate of drug-likeness (QED) is 0.804. The minimum absolute atomic E-state index is 0.0239. The van der Waals surface area contributed by atoms with Crippen LogP contribution in [-0.2, 0) is 9.59 Å². The maximum atomic E-state index is 12.7. The molecule has 1 aromatic carbocycles. The van der Waals surface area contributed by atoms with Crippen molar-refractivity contribution < 1.29 is 9.59 Å². The molecule has 2 saturated heterocycles. The van der Waals surface area contributed by atoms with Crippen molar-refractivity contribution in [3.63, 3.8) is 0 Å². The molecule has 2 fully saturated rings. The fourth-order valence-corrected chi connectivity index (χ4v) is 4.43. The Morgan fingerprint density at radius 3 is 2.42 bits per heavy atom. The number of piperidine rings is 1. The van der Waals surface area contributed by atoms with Gasteiger partial charge in [0.15, 0.2) is 0 Å². The highest BCUT2D eigenvalue weighted by Crippen LogP contribution is 2.26. The van der Waals surface area contributed by atoms with Gasteiger partial charge in [-0.15, -0.1) is 11.8 Å². The summed E-state index contributed by atoms with van der Waals surface area (Å²) in [4.78, 5) is 30.5. The molecule has 1 atom stereocenters. The van der Waals surface area contributed by atoms with Crippen LogP contribution in [0.3, 0.4) is 0 Å². The number of benzene rings is 1. The summed E-state index contributed by atoms with van der Waals surface area (Å²) >= 11 is 1.63. The van der Waals surface area contributed by atoms with Gasteiger partial charge in [-0.05, 0) is 64.1 Å². The van der Waals surface area contributed by atoms with Crippen molar-refractivity contribution in [3.8, 4) is 0 Å². The molecule has 3 rings (SSSR count). The molecule has 142 valence electrons. The van der Waals surface area contributed by atoms with E-state index in [1.807, 2.05) is 42.3 Å². The van der Waals surface area contributed by atoms with E-state index in [1.54, 1.807) is 11.8 Å². The summed E-state index contributed by atoms with van der Waals surface area (Å²) in [6.07, 6.45) is 6.00. The van der Waals surface area contributed by atoms with Gasteiger partial charge in [0.25, 0.3) is 0 Å². The average Bonchev–Trinajstić information content (AvgIpc) is 3.22. The zero-order valence-electron chi connectivity index (χ0n) is 15.7. The third kappa shape index (κ3) is 4.41. The highest BCUT2D eigenvalue weighted by atomic mass is 32.2. The number of rotatable bonds is 5. The van der Waals surface area contributed by atoms with Gasteiger partial charge in [0.1, 0.15) is 0 Å². The van der Waals surface area contributed by atoms with Crippen LogP contribution in [0.15, 0.2) is 29.2 Å². The number of carbonyl (C=O) groups is 2. The highest BCUT2D eigenvalue weighted by Gasteiger charge is 2.32. The van der Waals surface area contributed by atoms with E-state index in [-0.39, 0.29) is 17.9 Å². The van der Waals surface area contributed by atoms with Crippen LogP contribution in [0.4, 0.5) is 5.69 Å². The smallest absolute Gasteiger partial charge is 0.241 e. The zero-order chi connectivity index (χ0) is 18.5. The Morgan fingerprint density at radius 2 is 1.77 bits per heavy atom. The van der Waals surface area contributed by atoms with Gasteiger partial charge in [0.05, 0.1) is 11.7 Å². The fraction of sp³-hybridized carbons (Fsp3) is 0.600. The molecule has 2 heterocycles. The second kappa shape index (κ2) is 8.91. The number of nitrogens with zero attached hydrogens (tertiary/aromatic N) is 2. The first-order valence-electron chi connectivity index (χ1n) is 9.57. The number of hydrogen-bond donors (Lipinski definition) is 1. The van der Waals surface area contributed by atoms with Gasteiger partial charge >= 0.3 is 0 Å². The molecule has 1 aromatic rings. The van der Waals surface area contributed by atoms with Crippen molar-refractivity contribution in [2.24, 2.45) is 5.92 Å². The maximum Gasteiger partial charge on any atom is 0.241 e. The number of carbonyl (C=O) groups excluding carboxylic acids is 2. The van der Waals surface area contributed by atoms with Crippen LogP contribution in [0.1, 0.15) is 32.6 Å². The van der Waals surface area contributed by atoms with E-state index in [9.17, 15) is 9.59 Å². The zero-order valence-corrected chi connectivity index (χ0v) is 16.6. The number of hydrogen-bond acceptors (Lipinski definition) is 4. The number of likely N-dealkylation sites (tertiary alicyclic amines) is 2. The van der Waals surface area contributed by atoms with Crippen molar-refractivity contribution in [2.45, 2.75) is 43.5 Å². The second-order valence-corrected chi connectivity index (χ2v) is 8.06. The van der Waals surface area contributed by atoms with E-state index in [2.05, 4.69) is 10.2 Å². The molecule has 0 radical (unpaired) electrons. The third-order valence-electron chi connectivity index (χ3n) is 5.59. The molecular weight excluding hydrogens is 346 g/mol.